The van der Waals surface area contributed by atoms with Crippen LogP contribution in [0.25, 0.3) is 0 Å². The van der Waals surface area contributed by atoms with E-state index in [0.717, 1.165) is 0 Å². The quantitative estimate of drug-likeness (QED) is 0.320. The second-order valence-electron chi connectivity index (χ2n) is 12.2. The summed E-state index contributed by atoms with van der Waals surface area (Å²) in [7, 11) is 0. The number of carbonyl (C=O) groups excluding carboxylic acids is 3. The van der Waals surface area contributed by atoms with Gasteiger partial charge in [-0.05, 0) is 37.1 Å². The van der Waals surface area contributed by atoms with Crippen molar-refractivity contribution in [3.8, 4) is 0 Å². The average Bonchev–Trinajstić information content (AvgIpc) is 2.87. The smallest absolute Gasteiger partial charge is 0.338 e. The van der Waals surface area contributed by atoms with E-state index in [4.69, 9.17) is 14.2 Å². The Kier molecular flexibility index (Phi) is 6.40. The molecule has 10 nitrogen and oxygen atoms in total. The van der Waals surface area contributed by atoms with Gasteiger partial charge in [0.25, 0.3) is 0 Å². The Labute approximate surface area is 226 Å². The van der Waals surface area contributed by atoms with E-state index in [1.807, 2.05) is 0 Å². The molecule has 3 fully saturated rings. The molecule has 0 amide bonds. The molecule has 0 aromatic heterocycles. The van der Waals surface area contributed by atoms with Crippen molar-refractivity contribution < 1.29 is 49.0 Å². The second-order valence-corrected chi connectivity index (χ2v) is 12.2. The molecule has 0 unspecified atom stereocenters. The van der Waals surface area contributed by atoms with Crippen LogP contribution in [0.2, 0.25) is 0 Å². The van der Waals surface area contributed by atoms with Gasteiger partial charge in [-0.2, -0.15) is 0 Å². The fourth-order valence-corrected chi connectivity index (χ4v) is 7.66. The van der Waals surface area contributed by atoms with E-state index >= 15 is 0 Å². The number of Topliss-reactive ketones (excluding diaryl/α,β-unsaturated/α-hetero) is 1. The maximum atomic E-state index is 14.3. The molecule has 9 atom stereocenters. The van der Waals surface area contributed by atoms with Crippen LogP contribution in [-0.4, -0.2) is 86.5 Å². The summed E-state index contributed by atoms with van der Waals surface area (Å²) >= 11 is 0. The highest BCUT2D eigenvalue weighted by molar-refractivity contribution is 5.94. The molecule has 2 saturated carbocycles. The zero-order chi connectivity index (χ0) is 28.7. The Balaban J connectivity index is 1.81. The average molecular weight is 545 g/mol. The van der Waals surface area contributed by atoms with E-state index in [2.05, 4.69) is 0 Å². The third-order valence-corrected chi connectivity index (χ3v) is 9.95. The Morgan fingerprint density at radius 1 is 1.08 bits per heavy atom. The van der Waals surface area contributed by atoms with Gasteiger partial charge in [0.15, 0.2) is 11.4 Å². The van der Waals surface area contributed by atoms with Crippen molar-refractivity contribution in [3.63, 3.8) is 0 Å². The normalized spacial score (nSPS) is 42.7. The first-order valence-electron chi connectivity index (χ1n) is 13.2. The predicted octanol–water partition coefficient (Wildman–Crippen LogP) is 1.08. The number of carbonyl (C=O) groups is 3. The van der Waals surface area contributed by atoms with Gasteiger partial charge in [-0.15, -0.1) is 0 Å². The van der Waals surface area contributed by atoms with Crippen LogP contribution in [0.4, 0.5) is 0 Å². The summed E-state index contributed by atoms with van der Waals surface area (Å²) in [6.45, 7) is 7.29. The summed E-state index contributed by atoms with van der Waals surface area (Å²) in [4.78, 5) is 40.3. The van der Waals surface area contributed by atoms with Gasteiger partial charge >= 0.3 is 11.9 Å². The van der Waals surface area contributed by atoms with Gasteiger partial charge in [-0.25, -0.2) is 4.79 Å². The van der Waals surface area contributed by atoms with Crippen molar-refractivity contribution in [1.82, 2.24) is 0 Å². The largest absolute Gasteiger partial charge is 0.455 e. The first kappa shape index (κ1) is 27.9. The highest BCUT2D eigenvalue weighted by Crippen LogP contribution is 2.63. The van der Waals surface area contributed by atoms with E-state index in [1.54, 1.807) is 39.0 Å². The van der Waals surface area contributed by atoms with Crippen molar-refractivity contribution in [1.29, 1.82) is 0 Å². The van der Waals surface area contributed by atoms with Crippen molar-refractivity contribution in [2.45, 2.75) is 89.2 Å². The lowest BCUT2D eigenvalue weighted by Gasteiger charge is -2.67. The zero-order valence-electron chi connectivity index (χ0n) is 22.7. The molecule has 2 bridgehead atoms. The molecule has 4 aliphatic rings. The van der Waals surface area contributed by atoms with Crippen molar-refractivity contribution in [2.75, 3.05) is 6.61 Å². The van der Waals surface area contributed by atoms with Crippen LogP contribution in [-0.2, 0) is 23.8 Å². The number of aliphatic hydroxyl groups excluding tert-OH is 3. The molecule has 5 rings (SSSR count). The molecule has 1 aromatic rings. The number of rotatable bonds is 3. The van der Waals surface area contributed by atoms with E-state index in [9.17, 15) is 34.8 Å². The molecule has 10 heteroatoms. The number of ketones is 1. The second kappa shape index (κ2) is 8.94. The highest BCUT2D eigenvalue weighted by atomic mass is 16.6. The third kappa shape index (κ3) is 3.62. The molecule has 3 aliphatic carbocycles. The Morgan fingerprint density at radius 2 is 1.72 bits per heavy atom. The molecular formula is C29H36O10. The van der Waals surface area contributed by atoms with E-state index in [0.29, 0.717) is 5.57 Å². The lowest BCUT2D eigenvalue weighted by molar-refractivity contribution is -0.345. The minimum Gasteiger partial charge on any atom is -0.455 e. The summed E-state index contributed by atoms with van der Waals surface area (Å²) in [6, 6.07) is 8.08. The molecule has 212 valence electrons. The predicted molar refractivity (Wildman–Crippen MR) is 135 cm³/mol. The number of ether oxygens (including phenoxy) is 3. The van der Waals surface area contributed by atoms with E-state index in [1.165, 1.54) is 26.0 Å². The van der Waals surface area contributed by atoms with Gasteiger partial charge in [0, 0.05) is 25.2 Å². The number of hydrogen-bond acceptors (Lipinski definition) is 10. The Hall–Kier alpha value is -2.63. The van der Waals surface area contributed by atoms with Crippen LogP contribution in [0.5, 0.6) is 0 Å². The van der Waals surface area contributed by atoms with Gasteiger partial charge in [-0.3, -0.25) is 9.59 Å². The minimum absolute atomic E-state index is 0.0828. The van der Waals surface area contributed by atoms with Gasteiger partial charge in [0.1, 0.15) is 23.9 Å². The fraction of sp³-hybridized carbons (Fsp3) is 0.621. The lowest BCUT2D eigenvalue weighted by Crippen LogP contribution is -2.81. The molecule has 1 heterocycles. The van der Waals surface area contributed by atoms with Crippen LogP contribution in [0.1, 0.15) is 57.8 Å². The number of aliphatic hydroxyl groups is 4. The monoisotopic (exact) mass is 544 g/mol. The number of benzene rings is 1. The molecular weight excluding hydrogens is 508 g/mol. The maximum Gasteiger partial charge on any atom is 0.338 e. The van der Waals surface area contributed by atoms with E-state index in [-0.39, 0.29) is 30.6 Å². The van der Waals surface area contributed by atoms with Crippen LogP contribution in [0, 0.1) is 16.7 Å². The van der Waals surface area contributed by atoms with Gasteiger partial charge in [0.2, 0.25) is 0 Å². The van der Waals surface area contributed by atoms with Gasteiger partial charge < -0.3 is 34.6 Å². The first-order chi connectivity index (χ1) is 18.1. The standard InChI is InChI=1S/C29H36O10/c1-14-17(31)12-29(36)24(38-25(35)16-9-7-6-8-10-16)22-27(5,23(34)21(33)20(14)26(29,3)4)18(32)11-19-28(22,13-37-19)39-15(2)30/h6-10,17-19,21-22,24,31-33,36H,11-13H2,1-5H3/t17-,18-,19-,21+,22-,24-,27-,28-,29+/m0/s1. The molecule has 0 radical (unpaired) electrons. The van der Waals surface area contributed by atoms with Crippen molar-refractivity contribution >= 4 is 17.7 Å². The summed E-state index contributed by atoms with van der Waals surface area (Å²) in [5.74, 6) is -3.60. The summed E-state index contributed by atoms with van der Waals surface area (Å²) < 4.78 is 17.7. The third-order valence-electron chi connectivity index (χ3n) is 9.95. The van der Waals surface area contributed by atoms with Crippen molar-refractivity contribution in [3.05, 3.63) is 47.0 Å². The SMILES string of the molecule is CC(=O)O[C@@]12CO[C@H]1C[C@H](O)[C@]1(C)C(=O)[C@H](O)C3=C(C)[C@@H](O)C[C@@](O)([C@@H](OC(=O)c4ccccc4)[C@H]21)C3(C)C. The van der Waals surface area contributed by atoms with Gasteiger partial charge in [0.05, 0.1) is 35.7 Å². The number of esters is 2. The molecule has 4 N–H and O–H groups in total. The number of fused-ring (bicyclic) bond motifs is 5. The summed E-state index contributed by atoms with van der Waals surface area (Å²) in [6.07, 6.45) is -7.26. The molecule has 0 spiro atoms. The topological polar surface area (TPSA) is 160 Å². The van der Waals surface area contributed by atoms with Crippen LogP contribution in [0.15, 0.2) is 41.5 Å². The van der Waals surface area contributed by atoms with Gasteiger partial charge in [-0.1, -0.05) is 32.0 Å². The Morgan fingerprint density at radius 3 is 2.28 bits per heavy atom. The van der Waals surface area contributed by atoms with Crippen LogP contribution < -0.4 is 0 Å². The number of hydrogen-bond donors (Lipinski definition) is 4. The minimum atomic E-state index is -2.07. The molecule has 1 aromatic carbocycles. The highest BCUT2D eigenvalue weighted by Gasteiger charge is 2.77. The first-order valence-corrected chi connectivity index (χ1v) is 13.2. The molecule has 1 saturated heterocycles. The van der Waals surface area contributed by atoms with E-state index < -0.39 is 76.2 Å². The summed E-state index contributed by atoms with van der Waals surface area (Å²) in [5.41, 5.74) is -6.24. The van der Waals surface area contributed by atoms with Crippen molar-refractivity contribution in [2.24, 2.45) is 16.7 Å². The molecule has 1 aliphatic heterocycles. The lowest BCUT2D eigenvalue weighted by atomic mass is 9.44. The summed E-state index contributed by atoms with van der Waals surface area (Å²) in [5, 5.41) is 46.7. The molecule has 39 heavy (non-hydrogen) atoms. The van der Waals surface area contributed by atoms with Crippen LogP contribution in [0.3, 0.4) is 0 Å². The Bertz CT molecular complexity index is 1240. The fourth-order valence-electron chi connectivity index (χ4n) is 7.66. The zero-order valence-corrected chi connectivity index (χ0v) is 22.7. The maximum absolute atomic E-state index is 14.3. The van der Waals surface area contributed by atoms with Crippen LogP contribution >= 0.6 is 0 Å².